The van der Waals surface area contributed by atoms with Crippen molar-refractivity contribution in [3.05, 3.63) is 59.7 Å². The monoisotopic (exact) mass is 508 g/mol. The topological polar surface area (TPSA) is 64.8 Å². The van der Waals surface area contributed by atoms with Crippen LogP contribution < -0.4 is 10.5 Å². The number of para-hydroxylation sites is 2. The molecule has 2 N–H and O–H groups in total. The molecular formula is C32H48N2O3. The lowest BCUT2D eigenvalue weighted by atomic mass is 9.94. The van der Waals surface area contributed by atoms with Crippen molar-refractivity contribution in [2.45, 2.75) is 116 Å². The van der Waals surface area contributed by atoms with Crippen molar-refractivity contribution < 1.29 is 14.4 Å². The van der Waals surface area contributed by atoms with Crippen LogP contribution >= 0.6 is 0 Å². The maximum Gasteiger partial charge on any atom is 0.339 e. The van der Waals surface area contributed by atoms with Crippen molar-refractivity contribution in [3.63, 3.8) is 0 Å². The molecule has 0 spiro atoms. The van der Waals surface area contributed by atoms with Crippen LogP contribution in [-0.4, -0.2) is 17.7 Å². The number of hydroxylamine groups is 2. The SMILES string of the molecule is CCCCCCCCCCCCCCCCCCON(C(N)=O)C1c2ccccc2Oc2ccccc21. The van der Waals surface area contributed by atoms with Gasteiger partial charge in [-0.2, -0.15) is 5.06 Å². The molecule has 2 amide bonds. The second-order valence-electron chi connectivity index (χ2n) is 10.4. The maximum absolute atomic E-state index is 12.4. The van der Waals surface area contributed by atoms with Gasteiger partial charge in [-0.3, -0.25) is 4.84 Å². The number of primary amides is 1. The average molecular weight is 509 g/mol. The Labute approximate surface area is 224 Å². The Bertz CT molecular complexity index is 871. The van der Waals surface area contributed by atoms with Crippen LogP contribution in [0.3, 0.4) is 0 Å². The Morgan fingerprint density at radius 3 is 1.54 bits per heavy atom. The van der Waals surface area contributed by atoms with Crippen molar-refractivity contribution >= 4 is 6.03 Å². The lowest BCUT2D eigenvalue weighted by Crippen LogP contribution is -2.40. The van der Waals surface area contributed by atoms with E-state index in [9.17, 15) is 4.79 Å². The van der Waals surface area contributed by atoms with E-state index in [1.165, 1.54) is 95.0 Å². The Morgan fingerprint density at radius 1 is 0.703 bits per heavy atom. The van der Waals surface area contributed by atoms with Gasteiger partial charge in [0.05, 0.1) is 6.61 Å². The number of carbonyl (C=O) groups is 1. The lowest BCUT2D eigenvalue weighted by Gasteiger charge is -2.34. The third-order valence-corrected chi connectivity index (χ3v) is 7.33. The molecule has 3 rings (SSSR count). The summed E-state index contributed by atoms with van der Waals surface area (Å²) >= 11 is 0. The smallest absolute Gasteiger partial charge is 0.339 e. The standard InChI is InChI=1S/C32H48N2O3/c1-2-3-4-5-6-7-8-9-10-11-12-13-14-15-16-21-26-36-34(32(33)35)31-27-22-17-19-24-29(27)37-30-25-20-18-23-28(30)31/h17-20,22-25,31H,2-16,21,26H2,1H3,(H2,33,35). The highest BCUT2D eigenvalue weighted by Gasteiger charge is 2.34. The van der Waals surface area contributed by atoms with Gasteiger partial charge in [-0.05, 0) is 18.6 Å². The van der Waals surface area contributed by atoms with Gasteiger partial charge in [-0.1, -0.05) is 140 Å². The van der Waals surface area contributed by atoms with E-state index < -0.39 is 12.1 Å². The zero-order chi connectivity index (χ0) is 26.1. The van der Waals surface area contributed by atoms with Crippen molar-refractivity contribution in [1.29, 1.82) is 0 Å². The van der Waals surface area contributed by atoms with E-state index in [1.807, 2.05) is 48.5 Å². The molecule has 2 aromatic rings. The van der Waals surface area contributed by atoms with Crippen LogP contribution in [0.1, 0.15) is 127 Å². The van der Waals surface area contributed by atoms with E-state index in [4.69, 9.17) is 15.3 Å². The highest BCUT2D eigenvalue weighted by atomic mass is 16.7. The van der Waals surface area contributed by atoms with Crippen molar-refractivity contribution in [2.24, 2.45) is 5.73 Å². The fraction of sp³-hybridized carbons (Fsp3) is 0.594. The molecule has 0 aliphatic carbocycles. The first-order valence-corrected chi connectivity index (χ1v) is 14.8. The van der Waals surface area contributed by atoms with Crippen molar-refractivity contribution in [2.75, 3.05) is 6.61 Å². The molecule has 5 nitrogen and oxygen atoms in total. The minimum atomic E-state index is -0.590. The second-order valence-corrected chi connectivity index (χ2v) is 10.4. The number of hydrogen-bond donors (Lipinski definition) is 1. The molecule has 2 aromatic carbocycles. The fourth-order valence-corrected chi connectivity index (χ4v) is 5.22. The van der Waals surface area contributed by atoms with Gasteiger partial charge in [0, 0.05) is 11.1 Å². The minimum Gasteiger partial charge on any atom is -0.457 e. The van der Waals surface area contributed by atoms with E-state index in [0.29, 0.717) is 6.61 Å². The predicted octanol–water partition coefficient (Wildman–Crippen LogP) is 9.46. The summed E-state index contributed by atoms with van der Waals surface area (Å²) in [7, 11) is 0. The number of benzene rings is 2. The number of nitrogens with two attached hydrogens (primary N) is 1. The molecule has 1 aliphatic rings. The summed E-state index contributed by atoms with van der Waals surface area (Å²) in [6, 6.07) is 14.5. The van der Waals surface area contributed by atoms with Gasteiger partial charge in [0.2, 0.25) is 0 Å². The van der Waals surface area contributed by atoms with Crippen LogP contribution in [0.15, 0.2) is 48.5 Å². The third kappa shape index (κ3) is 9.70. The number of carbonyl (C=O) groups excluding carboxylic acids is 1. The lowest BCUT2D eigenvalue weighted by molar-refractivity contribution is -0.137. The van der Waals surface area contributed by atoms with Crippen LogP contribution in [0.25, 0.3) is 0 Å². The molecule has 5 heteroatoms. The zero-order valence-electron chi connectivity index (χ0n) is 23.0. The number of fused-ring (bicyclic) bond motifs is 2. The van der Waals surface area contributed by atoms with Crippen molar-refractivity contribution in [1.82, 2.24) is 5.06 Å². The Balaban J connectivity index is 1.28. The van der Waals surface area contributed by atoms with E-state index in [2.05, 4.69) is 6.92 Å². The third-order valence-electron chi connectivity index (χ3n) is 7.33. The molecule has 0 atom stereocenters. The van der Waals surface area contributed by atoms with Crippen molar-refractivity contribution in [3.8, 4) is 11.5 Å². The van der Waals surface area contributed by atoms with Gasteiger partial charge in [0.15, 0.2) is 0 Å². The molecule has 204 valence electrons. The van der Waals surface area contributed by atoms with Gasteiger partial charge in [-0.25, -0.2) is 4.79 Å². The highest BCUT2D eigenvalue weighted by molar-refractivity contribution is 5.73. The van der Waals surface area contributed by atoms with E-state index in [1.54, 1.807) is 0 Å². The molecule has 0 bridgehead atoms. The summed E-state index contributed by atoms with van der Waals surface area (Å²) in [5.74, 6) is 1.45. The second kappa shape index (κ2) is 17.1. The number of amides is 2. The number of ether oxygens (including phenoxy) is 1. The van der Waals surface area contributed by atoms with Crippen LogP contribution in [0.4, 0.5) is 4.79 Å². The molecule has 0 radical (unpaired) electrons. The van der Waals surface area contributed by atoms with Crippen LogP contribution in [0.5, 0.6) is 11.5 Å². The number of urea groups is 1. The minimum absolute atomic E-state index is 0.417. The summed E-state index contributed by atoms with van der Waals surface area (Å²) in [6.07, 6.45) is 21.2. The summed E-state index contributed by atoms with van der Waals surface area (Å²) < 4.78 is 6.04. The summed E-state index contributed by atoms with van der Waals surface area (Å²) in [6.45, 7) is 2.75. The van der Waals surface area contributed by atoms with Crippen LogP contribution in [0, 0.1) is 0 Å². The summed E-state index contributed by atoms with van der Waals surface area (Å²) in [5.41, 5.74) is 7.54. The summed E-state index contributed by atoms with van der Waals surface area (Å²) in [5, 5.41) is 1.32. The number of nitrogens with zero attached hydrogens (tertiary/aromatic N) is 1. The fourth-order valence-electron chi connectivity index (χ4n) is 5.22. The van der Waals surface area contributed by atoms with E-state index >= 15 is 0 Å². The molecular weight excluding hydrogens is 460 g/mol. The number of hydrogen-bond acceptors (Lipinski definition) is 3. The Kier molecular flexibility index (Phi) is 13.4. The molecule has 1 heterocycles. The molecule has 0 aromatic heterocycles. The molecule has 0 unspecified atom stereocenters. The largest absolute Gasteiger partial charge is 0.457 e. The maximum atomic E-state index is 12.4. The molecule has 0 fully saturated rings. The van der Waals surface area contributed by atoms with Crippen LogP contribution in [0.2, 0.25) is 0 Å². The van der Waals surface area contributed by atoms with Gasteiger partial charge >= 0.3 is 6.03 Å². The van der Waals surface area contributed by atoms with E-state index in [-0.39, 0.29) is 0 Å². The van der Waals surface area contributed by atoms with E-state index in [0.717, 1.165) is 35.5 Å². The first-order valence-electron chi connectivity index (χ1n) is 14.8. The molecule has 1 aliphatic heterocycles. The molecule has 0 saturated heterocycles. The van der Waals surface area contributed by atoms with Gasteiger partial charge in [0.1, 0.15) is 17.5 Å². The normalized spacial score (nSPS) is 12.6. The Hall–Kier alpha value is -2.53. The predicted molar refractivity (Wildman–Crippen MR) is 152 cm³/mol. The number of unbranched alkanes of at least 4 members (excludes halogenated alkanes) is 15. The quantitative estimate of drug-likeness (QED) is 0.152. The number of rotatable bonds is 19. The van der Waals surface area contributed by atoms with Gasteiger partial charge in [-0.15, -0.1) is 0 Å². The van der Waals surface area contributed by atoms with Gasteiger partial charge in [0.25, 0.3) is 0 Å². The molecule has 0 saturated carbocycles. The van der Waals surface area contributed by atoms with Gasteiger partial charge < -0.3 is 10.5 Å². The Morgan fingerprint density at radius 2 is 1.11 bits per heavy atom. The van der Waals surface area contributed by atoms with Crippen LogP contribution in [-0.2, 0) is 4.84 Å². The summed E-state index contributed by atoms with van der Waals surface area (Å²) in [4.78, 5) is 18.4. The first-order chi connectivity index (χ1) is 18.2. The highest BCUT2D eigenvalue weighted by Crippen LogP contribution is 2.45. The zero-order valence-corrected chi connectivity index (χ0v) is 23.0. The molecule has 37 heavy (non-hydrogen) atoms. The average Bonchev–Trinajstić information content (AvgIpc) is 2.91. The first kappa shape index (κ1) is 29.0.